The molecule has 0 saturated heterocycles. The van der Waals surface area contributed by atoms with Crippen molar-refractivity contribution in [2.24, 2.45) is 11.3 Å². The quantitative estimate of drug-likeness (QED) is 0.256. The van der Waals surface area contributed by atoms with Gasteiger partial charge in [0.2, 0.25) is 5.91 Å². The highest BCUT2D eigenvalue weighted by atomic mass is 32.1. The second kappa shape index (κ2) is 10.7. The number of aliphatic hydroxyl groups is 1. The van der Waals surface area contributed by atoms with Gasteiger partial charge in [-0.25, -0.2) is 5.48 Å². The zero-order valence-electron chi connectivity index (χ0n) is 18.2. The number of nitrogens with zero attached hydrogens (tertiary/aromatic N) is 2. The van der Waals surface area contributed by atoms with Crippen LogP contribution in [0, 0.1) is 11.3 Å². The average Bonchev–Trinajstić information content (AvgIpc) is 3.19. The van der Waals surface area contributed by atoms with E-state index in [9.17, 15) is 14.7 Å². The Morgan fingerprint density at radius 3 is 2.65 bits per heavy atom. The first kappa shape index (κ1) is 24.8. The molecule has 3 unspecified atom stereocenters. The number of carbonyl (C=O) groups excluding carboxylic acids is 2. The first-order valence-electron chi connectivity index (χ1n) is 10.2. The van der Waals surface area contributed by atoms with Crippen LogP contribution in [0.2, 0.25) is 0 Å². The number of allylic oxidation sites excluding steroid dienone is 4. The summed E-state index contributed by atoms with van der Waals surface area (Å²) in [5, 5.41) is 29.8. The maximum atomic E-state index is 12.9. The molecule has 0 fully saturated rings. The molecule has 0 spiro atoms. The van der Waals surface area contributed by atoms with Gasteiger partial charge in [0.15, 0.2) is 5.76 Å². The number of aliphatic hydroxyl groups excluding tert-OH is 1. The number of thiocarbonyl (C=S) groups is 1. The summed E-state index contributed by atoms with van der Waals surface area (Å²) in [5.41, 5.74) is 2.16. The van der Waals surface area contributed by atoms with Crippen molar-refractivity contribution in [2.75, 3.05) is 0 Å². The van der Waals surface area contributed by atoms with Crippen molar-refractivity contribution < 1.29 is 24.4 Å². The second-order valence-electron chi connectivity index (χ2n) is 8.66. The third kappa shape index (κ3) is 6.28. The highest BCUT2D eigenvalue weighted by Gasteiger charge is 2.36. The molecule has 4 N–H and O–H groups in total. The van der Waals surface area contributed by atoms with Crippen LogP contribution in [0.5, 0.6) is 0 Å². The van der Waals surface area contributed by atoms with Crippen LogP contribution < -0.4 is 10.8 Å². The van der Waals surface area contributed by atoms with E-state index in [1.54, 1.807) is 0 Å². The molecule has 1 heterocycles. The summed E-state index contributed by atoms with van der Waals surface area (Å²) in [7, 11) is 0. The zero-order chi connectivity index (χ0) is 23.2. The van der Waals surface area contributed by atoms with E-state index in [2.05, 4.69) is 15.7 Å². The topological polar surface area (TPSA) is 138 Å². The van der Waals surface area contributed by atoms with Gasteiger partial charge < -0.3 is 14.9 Å². The highest BCUT2D eigenvalue weighted by molar-refractivity contribution is 7.81. The van der Waals surface area contributed by atoms with Gasteiger partial charge in [-0.1, -0.05) is 64.6 Å². The summed E-state index contributed by atoms with van der Waals surface area (Å²) in [5.74, 6) is -1.53. The molecular formula is C21H30N4O5S. The van der Waals surface area contributed by atoms with Crippen molar-refractivity contribution in [3.05, 3.63) is 29.7 Å². The molecule has 2 rings (SSSR count). The predicted molar refractivity (Wildman–Crippen MR) is 118 cm³/mol. The van der Waals surface area contributed by atoms with E-state index in [0.29, 0.717) is 41.2 Å². The molecule has 2 amide bonds. The van der Waals surface area contributed by atoms with Gasteiger partial charge in [0.1, 0.15) is 11.8 Å². The lowest BCUT2D eigenvalue weighted by Gasteiger charge is -2.31. The van der Waals surface area contributed by atoms with Gasteiger partial charge in [-0.3, -0.25) is 14.8 Å². The summed E-state index contributed by atoms with van der Waals surface area (Å²) in [6, 6.07) is -0.554. The van der Waals surface area contributed by atoms with Crippen molar-refractivity contribution in [3.8, 4) is 0 Å². The first-order valence-corrected chi connectivity index (χ1v) is 10.6. The third-order valence-electron chi connectivity index (χ3n) is 5.14. The highest BCUT2D eigenvalue weighted by Crippen LogP contribution is 2.37. The molecule has 3 atom stereocenters. The minimum atomic E-state index is -1.50. The van der Waals surface area contributed by atoms with Crippen LogP contribution in [0.25, 0.3) is 5.57 Å². The van der Waals surface area contributed by atoms with Gasteiger partial charge in [-0.05, 0) is 11.8 Å². The lowest BCUT2D eigenvalue weighted by Crippen LogP contribution is -2.42. The number of hydrogen-bond acceptors (Lipinski definition) is 8. The van der Waals surface area contributed by atoms with Crippen LogP contribution in [-0.4, -0.2) is 43.5 Å². The number of amides is 2. The number of aromatic nitrogens is 2. The van der Waals surface area contributed by atoms with Crippen LogP contribution in [0.15, 0.2) is 22.8 Å². The van der Waals surface area contributed by atoms with E-state index in [1.165, 1.54) is 5.48 Å². The van der Waals surface area contributed by atoms with Crippen molar-refractivity contribution in [1.82, 2.24) is 21.2 Å². The Bertz CT molecular complexity index is 871. The SMILES string of the molecule is CCCC(CC(=O)NC(c1nnoc1C1=CC=CCC1=S)C(C)(C)C)C(O)C(=O)NO. The Hall–Kier alpha value is -2.43. The van der Waals surface area contributed by atoms with Gasteiger partial charge in [-0.15, -0.1) is 5.10 Å². The Labute approximate surface area is 186 Å². The van der Waals surface area contributed by atoms with Gasteiger partial charge in [-0.2, -0.15) is 0 Å². The molecule has 1 aromatic heterocycles. The van der Waals surface area contributed by atoms with E-state index < -0.39 is 29.4 Å². The first-order chi connectivity index (χ1) is 14.6. The Morgan fingerprint density at radius 2 is 2.06 bits per heavy atom. The molecule has 9 nitrogen and oxygen atoms in total. The van der Waals surface area contributed by atoms with Crippen molar-refractivity contribution in [1.29, 1.82) is 0 Å². The van der Waals surface area contributed by atoms with Crippen LogP contribution in [0.3, 0.4) is 0 Å². The predicted octanol–water partition coefficient (Wildman–Crippen LogP) is 2.66. The number of nitrogens with one attached hydrogen (secondary N) is 2. The fourth-order valence-corrected chi connectivity index (χ4v) is 3.75. The van der Waals surface area contributed by atoms with Crippen LogP contribution in [0.1, 0.15) is 70.9 Å². The minimum Gasteiger partial charge on any atom is -0.383 e. The smallest absolute Gasteiger partial charge is 0.272 e. The summed E-state index contributed by atoms with van der Waals surface area (Å²) in [4.78, 5) is 25.2. The molecule has 1 aliphatic rings. The molecule has 1 aromatic rings. The van der Waals surface area contributed by atoms with E-state index in [1.807, 2.05) is 45.9 Å². The van der Waals surface area contributed by atoms with Gasteiger partial charge >= 0.3 is 0 Å². The number of hydrogen-bond donors (Lipinski definition) is 4. The fraction of sp³-hybridized carbons (Fsp3) is 0.571. The van der Waals surface area contributed by atoms with Crippen molar-refractivity contribution >= 4 is 34.5 Å². The normalized spacial score (nSPS) is 17.0. The maximum Gasteiger partial charge on any atom is 0.272 e. The number of rotatable bonds is 9. The Kier molecular flexibility index (Phi) is 8.60. The van der Waals surface area contributed by atoms with E-state index >= 15 is 0 Å². The average molecular weight is 451 g/mol. The fourth-order valence-electron chi connectivity index (χ4n) is 3.49. The Morgan fingerprint density at radius 1 is 1.35 bits per heavy atom. The van der Waals surface area contributed by atoms with E-state index in [0.717, 1.165) is 0 Å². The largest absolute Gasteiger partial charge is 0.383 e. The van der Waals surface area contributed by atoms with Crippen LogP contribution >= 0.6 is 12.2 Å². The van der Waals surface area contributed by atoms with E-state index in [4.69, 9.17) is 21.9 Å². The maximum absolute atomic E-state index is 12.9. The summed E-state index contributed by atoms with van der Waals surface area (Å²) >= 11 is 5.44. The van der Waals surface area contributed by atoms with Gasteiger partial charge in [0.05, 0.1) is 6.04 Å². The summed E-state index contributed by atoms with van der Waals surface area (Å²) in [6.07, 6.45) is 5.77. The second-order valence-corrected chi connectivity index (χ2v) is 9.16. The van der Waals surface area contributed by atoms with E-state index in [-0.39, 0.29) is 12.3 Å². The van der Waals surface area contributed by atoms with Crippen LogP contribution in [-0.2, 0) is 9.59 Å². The lowest BCUT2D eigenvalue weighted by molar-refractivity contribution is -0.142. The number of carbonyl (C=O) groups is 2. The number of hydroxylamine groups is 1. The molecule has 0 aromatic carbocycles. The molecule has 0 bridgehead atoms. The van der Waals surface area contributed by atoms with Crippen molar-refractivity contribution in [3.63, 3.8) is 0 Å². The molecule has 0 aliphatic heterocycles. The standard InChI is InChI=1S/C21H30N4O5S/c1-5-8-12(17(27)20(28)24-29)11-15(26)22-19(21(2,3)4)16-18(30-25-23-16)13-9-6-7-10-14(13)31/h6-7,9,12,17,19,27,29H,5,8,10-11H2,1-4H3,(H,22,26)(H,24,28). The third-order valence-corrected chi connectivity index (χ3v) is 5.52. The van der Waals surface area contributed by atoms with Gasteiger partial charge in [0, 0.05) is 34.5 Å². The molecule has 170 valence electrons. The molecule has 31 heavy (non-hydrogen) atoms. The van der Waals surface area contributed by atoms with Gasteiger partial charge in [0.25, 0.3) is 5.91 Å². The molecule has 1 aliphatic carbocycles. The minimum absolute atomic E-state index is 0.0978. The Balaban J connectivity index is 2.27. The molecule has 0 radical (unpaired) electrons. The molecule has 10 heteroatoms. The summed E-state index contributed by atoms with van der Waals surface area (Å²) in [6.45, 7) is 7.72. The lowest BCUT2D eigenvalue weighted by atomic mass is 9.82. The van der Waals surface area contributed by atoms with Crippen LogP contribution in [0.4, 0.5) is 0 Å². The zero-order valence-corrected chi connectivity index (χ0v) is 19.0. The monoisotopic (exact) mass is 450 g/mol. The molecular weight excluding hydrogens is 420 g/mol. The molecule has 0 saturated carbocycles. The summed E-state index contributed by atoms with van der Waals surface area (Å²) < 4.78 is 5.41. The van der Waals surface area contributed by atoms with Crippen molar-refractivity contribution in [2.45, 2.75) is 65.5 Å².